The summed E-state index contributed by atoms with van der Waals surface area (Å²) in [7, 11) is 0. The molecule has 0 aromatic rings. The van der Waals surface area contributed by atoms with Crippen LogP contribution in [0.4, 0.5) is 0 Å². The molecule has 0 aromatic carbocycles. The first kappa shape index (κ1) is 19.3. The van der Waals surface area contributed by atoms with Gasteiger partial charge in [-0.25, -0.2) is 3.11 Å². The lowest BCUT2D eigenvalue weighted by atomic mass is 9.86. The molecule has 3 rings (SSSR count). The average molecular weight is 449 g/mol. The lowest BCUT2D eigenvalue weighted by molar-refractivity contribution is -0.0546. The Morgan fingerprint density at radius 3 is 2.00 bits per heavy atom. The Bertz CT molecular complexity index is 358. The van der Waals surface area contributed by atoms with E-state index < -0.39 is 0 Å². The first-order valence-electron chi connectivity index (χ1n) is 10.1. The van der Waals surface area contributed by atoms with E-state index in [-0.39, 0.29) is 0 Å². The minimum absolute atomic E-state index is 0.529. The molecule has 2 heterocycles. The number of rotatable bonds is 5. The summed E-state index contributed by atoms with van der Waals surface area (Å²) >= 11 is 2.44. The number of piperazine rings is 1. The van der Waals surface area contributed by atoms with Crippen molar-refractivity contribution in [3.8, 4) is 0 Å². The molecule has 1 saturated carbocycles. The number of nitrogens with zero attached hydrogens (tertiary/aromatic N) is 3. The van der Waals surface area contributed by atoms with E-state index in [1.165, 1.54) is 84.3 Å². The molecule has 3 fully saturated rings. The van der Waals surface area contributed by atoms with Gasteiger partial charge in [-0.15, -0.1) is 0 Å². The zero-order valence-electron chi connectivity index (χ0n) is 15.6. The molecular formula is C19H36IN3O. The van der Waals surface area contributed by atoms with E-state index in [1.807, 2.05) is 0 Å². The zero-order chi connectivity index (χ0) is 16.9. The standard InChI is InChI=1S/C19H36IN3O/c1-16(2)22-13-11-21(12-14-22)15-17-3-5-18(6-4-17)24-19-7-9-23(20)10-8-19/h16-19H,3-15H2,1-2H3/t17-,18-. The third kappa shape index (κ3) is 5.79. The number of halogens is 1. The monoisotopic (exact) mass is 449 g/mol. The molecule has 2 saturated heterocycles. The van der Waals surface area contributed by atoms with Gasteiger partial charge in [-0.05, 0) is 58.3 Å². The number of hydrogen-bond donors (Lipinski definition) is 0. The van der Waals surface area contributed by atoms with E-state index in [2.05, 4.69) is 49.6 Å². The second-order valence-corrected chi connectivity index (χ2v) is 9.68. The Hall–Kier alpha value is 0.570. The topological polar surface area (TPSA) is 19.0 Å². The first-order chi connectivity index (χ1) is 11.6. The summed E-state index contributed by atoms with van der Waals surface area (Å²) in [5, 5.41) is 0. The van der Waals surface area contributed by atoms with Crippen molar-refractivity contribution in [3.63, 3.8) is 0 Å². The van der Waals surface area contributed by atoms with Gasteiger partial charge in [-0.2, -0.15) is 0 Å². The van der Waals surface area contributed by atoms with Gasteiger partial charge in [-0.3, -0.25) is 4.90 Å². The summed E-state index contributed by atoms with van der Waals surface area (Å²) in [6.45, 7) is 13.4. The summed E-state index contributed by atoms with van der Waals surface area (Å²) < 4.78 is 8.81. The van der Waals surface area contributed by atoms with Crippen LogP contribution in [0.3, 0.4) is 0 Å². The summed E-state index contributed by atoms with van der Waals surface area (Å²) in [5.41, 5.74) is 0. The molecule has 5 heteroatoms. The Labute approximate surface area is 162 Å². The maximum Gasteiger partial charge on any atom is 0.0603 e. The van der Waals surface area contributed by atoms with E-state index in [1.54, 1.807) is 0 Å². The minimum atomic E-state index is 0.529. The summed E-state index contributed by atoms with van der Waals surface area (Å²) in [4.78, 5) is 5.32. The van der Waals surface area contributed by atoms with Crippen LogP contribution in [0.15, 0.2) is 0 Å². The van der Waals surface area contributed by atoms with Gasteiger partial charge in [0, 0.05) is 74.7 Å². The van der Waals surface area contributed by atoms with Gasteiger partial charge in [0.25, 0.3) is 0 Å². The summed E-state index contributed by atoms with van der Waals surface area (Å²) in [6.07, 6.45) is 8.86. The van der Waals surface area contributed by atoms with Crippen molar-refractivity contribution in [2.75, 3.05) is 45.8 Å². The predicted octanol–water partition coefficient (Wildman–Crippen LogP) is 3.40. The fourth-order valence-electron chi connectivity index (χ4n) is 4.51. The molecule has 140 valence electrons. The van der Waals surface area contributed by atoms with Crippen LogP contribution in [0.25, 0.3) is 0 Å². The lowest BCUT2D eigenvalue weighted by Gasteiger charge is -2.40. The average Bonchev–Trinajstić information content (AvgIpc) is 2.59. The van der Waals surface area contributed by atoms with Crippen LogP contribution in [0.2, 0.25) is 0 Å². The van der Waals surface area contributed by atoms with Gasteiger partial charge in [0.1, 0.15) is 0 Å². The largest absolute Gasteiger partial charge is 0.375 e. The van der Waals surface area contributed by atoms with Crippen LogP contribution in [-0.2, 0) is 4.74 Å². The van der Waals surface area contributed by atoms with Gasteiger partial charge in [0.2, 0.25) is 0 Å². The van der Waals surface area contributed by atoms with Crippen molar-refractivity contribution in [1.82, 2.24) is 12.9 Å². The highest BCUT2D eigenvalue weighted by atomic mass is 127. The smallest absolute Gasteiger partial charge is 0.0603 e. The molecule has 0 spiro atoms. The second kappa shape index (κ2) is 9.49. The summed E-state index contributed by atoms with van der Waals surface area (Å²) in [6, 6.07) is 0.707. The Morgan fingerprint density at radius 2 is 1.42 bits per heavy atom. The van der Waals surface area contributed by atoms with Gasteiger partial charge in [-0.1, -0.05) is 0 Å². The van der Waals surface area contributed by atoms with Gasteiger partial charge >= 0.3 is 0 Å². The van der Waals surface area contributed by atoms with Crippen LogP contribution in [0, 0.1) is 5.92 Å². The quantitative estimate of drug-likeness (QED) is 0.473. The highest BCUT2D eigenvalue weighted by Crippen LogP contribution is 2.29. The molecule has 0 aromatic heterocycles. The molecule has 0 atom stereocenters. The zero-order valence-corrected chi connectivity index (χ0v) is 17.8. The van der Waals surface area contributed by atoms with Crippen LogP contribution in [-0.4, -0.2) is 77.0 Å². The van der Waals surface area contributed by atoms with Crippen molar-refractivity contribution in [2.45, 2.75) is 70.6 Å². The maximum absolute atomic E-state index is 6.41. The van der Waals surface area contributed by atoms with Crippen LogP contribution < -0.4 is 0 Å². The third-order valence-electron chi connectivity index (χ3n) is 6.22. The molecule has 1 aliphatic carbocycles. The second-order valence-electron chi connectivity index (χ2n) is 8.32. The van der Waals surface area contributed by atoms with E-state index in [0.29, 0.717) is 18.2 Å². The van der Waals surface area contributed by atoms with Crippen LogP contribution in [0.1, 0.15) is 52.4 Å². The van der Waals surface area contributed by atoms with E-state index >= 15 is 0 Å². The third-order valence-corrected chi connectivity index (χ3v) is 7.18. The molecular weight excluding hydrogens is 413 g/mol. The first-order valence-corrected chi connectivity index (χ1v) is 11.1. The SMILES string of the molecule is CC(C)N1CCN(C[C@H]2CC[C@H](OC3CCN(I)CC3)CC2)CC1. The molecule has 0 bridgehead atoms. The summed E-state index contributed by atoms with van der Waals surface area (Å²) in [5.74, 6) is 0.909. The van der Waals surface area contributed by atoms with Crippen molar-refractivity contribution < 1.29 is 4.74 Å². The van der Waals surface area contributed by atoms with Gasteiger partial charge < -0.3 is 9.64 Å². The highest BCUT2D eigenvalue weighted by Gasteiger charge is 2.28. The molecule has 3 aliphatic rings. The molecule has 4 nitrogen and oxygen atoms in total. The predicted molar refractivity (Wildman–Crippen MR) is 109 cm³/mol. The fourth-order valence-corrected chi connectivity index (χ4v) is 5.07. The van der Waals surface area contributed by atoms with Gasteiger partial charge in [0.05, 0.1) is 12.2 Å². The van der Waals surface area contributed by atoms with E-state index in [9.17, 15) is 0 Å². The van der Waals surface area contributed by atoms with Crippen molar-refractivity contribution in [3.05, 3.63) is 0 Å². The lowest BCUT2D eigenvalue weighted by Crippen LogP contribution is -2.50. The van der Waals surface area contributed by atoms with Gasteiger partial charge in [0.15, 0.2) is 0 Å². The normalized spacial score (nSPS) is 32.5. The van der Waals surface area contributed by atoms with Crippen LogP contribution in [0.5, 0.6) is 0 Å². The van der Waals surface area contributed by atoms with Crippen LogP contribution >= 0.6 is 22.9 Å². The minimum Gasteiger partial charge on any atom is -0.375 e. The van der Waals surface area contributed by atoms with E-state index in [0.717, 1.165) is 5.92 Å². The van der Waals surface area contributed by atoms with Crippen molar-refractivity contribution in [2.24, 2.45) is 5.92 Å². The molecule has 0 unspecified atom stereocenters. The Kier molecular flexibility index (Phi) is 7.65. The van der Waals surface area contributed by atoms with E-state index in [4.69, 9.17) is 4.74 Å². The highest BCUT2D eigenvalue weighted by molar-refractivity contribution is 14.1. The Morgan fingerprint density at radius 1 is 0.833 bits per heavy atom. The number of piperidine rings is 1. The number of ether oxygens (including phenoxy) is 1. The molecule has 0 N–H and O–H groups in total. The number of hydrogen-bond acceptors (Lipinski definition) is 4. The molecule has 2 aliphatic heterocycles. The van der Waals surface area contributed by atoms with Crippen molar-refractivity contribution >= 4 is 22.9 Å². The maximum atomic E-state index is 6.41. The van der Waals surface area contributed by atoms with Crippen molar-refractivity contribution in [1.29, 1.82) is 0 Å². The molecule has 0 amide bonds. The fraction of sp³-hybridized carbons (Fsp3) is 1.00. The Balaban J connectivity index is 1.31. The molecule has 0 radical (unpaired) electrons. The molecule has 24 heavy (non-hydrogen) atoms.